The minimum atomic E-state index is -0.480. The normalized spacial score (nSPS) is 10.9. The quantitative estimate of drug-likeness (QED) is 0.814. The van der Waals surface area contributed by atoms with Crippen molar-refractivity contribution in [2.24, 2.45) is 0 Å². The molecule has 0 atom stereocenters. The molecule has 1 aromatic heterocycles. The molecule has 1 amide bonds. The van der Waals surface area contributed by atoms with E-state index in [2.05, 4.69) is 10.2 Å². The average molecular weight is 281 g/mol. The van der Waals surface area contributed by atoms with Crippen LogP contribution in [0.5, 0.6) is 0 Å². The summed E-state index contributed by atoms with van der Waals surface area (Å²) in [5.74, 6) is -0.336. The van der Waals surface area contributed by atoms with Gasteiger partial charge in [-0.1, -0.05) is 13.8 Å². The van der Waals surface area contributed by atoms with Gasteiger partial charge in [0.1, 0.15) is 5.56 Å². The summed E-state index contributed by atoms with van der Waals surface area (Å²) in [4.78, 5) is 26.1. The van der Waals surface area contributed by atoms with Gasteiger partial charge in [-0.15, -0.1) is 0 Å². The van der Waals surface area contributed by atoms with Crippen LogP contribution in [0.2, 0.25) is 0 Å². The first-order chi connectivity index (χ1) is 9.47. The van der Waals surface area contributed by atoms with E-state index in [0.29, 0.717) is 11.3 Å². The highest BCUT2D eigenvalue weighted by Gasteiger charge is 2.26. The molecule has 0 saturated carbocycles. The number of hydrogen-bond donors (Lipinski definition) is 2. The number of aromatic nitrogens is 2. The van der Waals surface area contributed by atoms with Gasteiger partial charge >= 0.3 is 0 Å². The Balaban J connectivity index is 3.26. The minimum absolute atomic E-state index is 0.0157. The maximum atomic E-state index is 12.7. The van der Waals surface area contributed by atoms with Gasteiger partial charge in [0.15, 0.2) is 0 Å². The minimum Gasteiger partial charge on any atom is -0.395 e. The molecule has 0 aromatic carbocycles. The first kappa shape index (κ1) is 16.4. The van der Waals surface area contributed by atoms with Crippen LogP contribution in [-0.4, -0.2) is 45.3 Å². The van der Waals surface area contributed by atoms with Crippen molar-refractivity contribution in [3.05, 3.63) is 27.2 Å². The lowest BCUT2D eigenvalue weighted by atomic mass is 10.1. The summed E-state index contributed by atoms with van der Waals surface area (Å²) >= 11 is 0. The third-order valence-corrected chi connectivity index (χ3v) is 3.67. The molecular weight excluding hydrogens is 258 g/mol. The van der Waals surface area contributed by atoms with Gasteiger partial charge in [0.05, 0.1) is 12.3 Å². The van der Waals surface area contributed by atoms with Gasteiger partial charge in [0.2, 0.25) is 0 Å². The third kappa shape index (κ3) is 3.25. The molecule has 0 bridgehead atoms. The van der Waals surface area contributed by atoms with Gasteiger partial charge < -0.3 is 10.0 Å². The standard InChI is InChI=1S/C14H23N3O3/c1-5-11(6-2)17(7-8-18)14(20)12-9(3)10(4)15-16-13(12)19/h11,18H,5-8H2,1-4H3,(H,16,19). The summed E-state index contributed by atoms with van der Waals surface area (Å²) in [7, 11) is 0. The molecule has 20 heavy (non-hydrogen) atoms. The molecule has 6 nitrogen and oxygen atoms in total. The first-order valence-electron chi connectivity index (χ1n) is 6.95. The van der Waals surface area contributed by atoms with Crippen LogP contribution in [0.3, 0.4) is 0 Å². The SMILES string of the molecule is CCC(CC)N(CCO)C(=O)c1c(C)c(C)n[nH]c1=O. The summed E-state index contributed by atoms with van der Waals surface area (Å²) in [5, 5.41) is 15.4. The number of aryl methyl sites for hydroxylation is 1. The van der Waals surface area contributed by atoms with Gasteiger partial charge in [0, 0.05) is 12.6 Å². The predicted octanol–water partition coefficient (Wildman–Crippen LogP) is 1.01. The highest BCUT2D eigenvalue weighted by molar-refractivity contribution is 5.95. The monoisotopic (exact) mass is 281 g/mol. The maximum absolute atomic E-state index is 12.7. The third-order valence-electron chi connectivity index (χ3n) is 3.67. The number of amides is 1. The number of nitrogens with one attached hydrogen (secondary N) is 1. The number of carbonyl (C=O) groups is 1. The number of hydrogen-bond acceptors (Lipinski definition) is 4. The zero-order chi connectivity index (χ0) is 15.3. The second-order valence-electron chi connectivity index (χ2n) is 4.83. The van der Waals surface area contributed by atoms with E-state index < -0.39 is 5.56 Å². The van der Waals surface area contributed by atoms with Gasteiger partial charge in [-0.2, -0.15) is 5.10 Å². The summed E-state index contributed by atoms with van der Waals surface area (Å²) in [6, 6.07) is 0.0157. The first-order valence-corrected chi connectivity index (χ1v) is 6.95. The molecule has 0 fully saturated rings. The number of H-pyrrole nitrogens is 1. The smallest absolute Gasteiger partial charge is 0.277 e. The summed E-state index contributed by atoms with van der Waals surface area (Å²) in [6.07, 6.45) is 1.56. The Morgan fingerprint density at radius 2 is 1.95 bits per heavy atom. The van der Waals surface area contributed by atoms with Crippen molar-refractivity contribution in [2.75, 3.05) is 13.2 Å². The van der Waals surface area contributed by atoms with Crippen LogP contribution >= 0.6 is 0 Å². The van der Waals surface area contributed by atoms with Crippen LogP contribution in [0.1, 0.15) is 48.3 Å². The van der Waals surface area contributed by atoms with Crippen LogP contribution in [0.15, 0.2) is 4.79 Å². The topological polar surface area (TPSA) is 86.3 Å². The molecule has 0 aliphatic carbocycles. The van der Waals surface area contributed by atoms with E-state index in [1.54, 1.807) is 18.7 Å². The van der Waals surface area contributed by atoms with Crippen LogP contribution in [-0.2, 0) is 0 Å². The van der Waals surface area contributed by atoms with Crippen molar-refractivity contribution in [3.63, 3.8) is 0 Å². The number of aromatic amines is 1. The Hall–Kier alpha value is -1.69. The zero-order valence-electron chi connectivity index (χ0n) is 12.6. The molecule has 1 rings (SSSR count). The van der Waals surface area contributed by atoms with Crippen molar-refractivity contribution in [3.8, 4) is 0 Å². The van der Waals surface area contributed by atoms with E-state index in [1.807, 2.05) is 13.8 Å². The van der Waals surface area contributed by atoms with Crippen LogP contribution < -0.4 is 5.56 Å². The number of nitrogens with zero attached hydrogens (tertiary/aromatic N) is 2. The summed E-state index contributed by atoms with van der Waals surface area (Å²) < 4.78 is 0. The summed E-state index contributed by atoms with van der Waals surface area (Å²) in [5.41, 5.74) is 0.860. The van der Waals surface area contributed by atoms with Gasteiger partial charge in [-0.3, -0.25) is 9.59 Å². The lowest BCUT2D eigenvalue weighted by molar-refractivity contribution is 0.0619. The van der Waals surface area contributed by atoms with E-state index in [4.69, 9.17) is 0 Å². The number of aliphatic hydroxyl groups is 1. The molecule has 1 aromatic rings. The zero-order valence-corrected chi connectivity index (χ0v) is 12.6. The summed E-state index contributed by atoms with van der Waals surface area (Å²) in [6.45, 7) is 7.54. The van der Waals surface area contributed by atoms with Crippen molar-refractivity contribution >= 4 is 5.91 Å². The molecule has 0 radical (unpaired) electrons. The van der Waals surface area contributed by atoms with E-state index in [0.717, 1.165) is 12.8 Å². The van der Waals surface area contributed by atoms with Crippen LogP contribution in [0.4, 0.5) is 0 Å². The highest BCUT2D eigenvalue weighted by atomic mass is 16.3. The van der Waals surface area contributed by atoms with Crippen molar-refractivity contribution < 1.29 is 9.90 Å². The van der Waals surface area contributed by atoms with Crippen LogP contribution in [0.25, 0.3) is 0 Å². The molecule has 0 spiro atoms. The Morgan fingerprint density at radius 3 is 2.45 bits per heavy atom. The maximum Gasteiger partial charge on any atom is 0.277 e. The van der Waals surface area contributed by atoms with E-state index in [1.165, 1.54) is 0 Å². The number of aliphatic hydroxyl groups excluding tert-OH is 1. The van der Waals surface area contributed by atoms with E-state index in [-0.39, 0.29) is 30.7 Å². The lowest BCUT2D eigenvalue weighted by Crippen LogP contribution is -2.44. The van der Waals surface area contributed by atoms with E-state index in [9.17, 15) is 14.7 Å². The second kappa shape index (κ2) is 7.19. The fraction of sp³-hybridized carbons (Fsp3) is 0.643. The highest BCUT2D eigenvalue weighted by Crippen LogP contribution is 2.14. The molecule has 0 aliphatic heterocycles. The molecule has 112 valence electrons. The van der Waals surface area contributed by atoms with Crippen molar-refractivity contribution in [2.45, 2.75) is 46.6 Å². The number of rotatable bonds is 6. The lowest BCUT2D eigenvalue weighted by Gasteiger charge is -2.30. The molecule has 2 N–H and O–H groups in total. The van der Waals surface area contributed by atoms with E-state index >= 15 is 0 Å². The fourth-order valence-corrected chi connectivity index (χ4v) is 2.31. The number of carbonyl (C=O) groups excluding carboxylic acids is 1. The molecule has 0 aliphatic rings. The fourth-order valence-electron chi connectivity index (χ4n) is 2.31. The molecular formula is C14H23N3O3. The van der Waals surface area contributed by atoms with Gasteiger partial charge in [-0.25, -0.2) is 5.10 Å². The average Bonchev–Trinajstić information content (AvgIpc) is 2.43. The predicted molar refractivity (Wildman–Crippen MR) is 76.8 cm³/mol. The van der Waals surface area contributed by atoms with Gasteiger partial charge in [0.25, 0.3) is 11.5 Å². The Morgan fingerprint density at radius 1 is 1.35 bits per heavy atom. The Bertz CT molecular complexity index is 521. The molecule has 0 saturated heterocycles. The van der Waals surface area contributed by atoms with Crippen molar-refractivity contribution in [1.29, 1.82) is 0 Å². The molecule has 6 heteroatoms. The largest absolute Gasteiger partial charge is 0.395 e. The Kier molecular flexibility index (Phi) is 5.88. The van der Waals surface area contributed by atoms with Gasteiger partial charge in [-0.05, 0) is 32.3 Å². The molecule has 1 heterocycles. The second-order valence-corrected chi connectivity index (χ2v) is 4.83. The Labute approximate surface area is 118 Å². The van der Waals surface area contributed by atoms with Crippen LogP contribution in [0, 0.1) is 13.8 Å². The van der Waals surface area contributed by atoms with Crippen molar-refractivity contribution in [1.82, 2.24) is 15.1 Å². The molecule has 0 unspecified atom stereocenters.